The molecule has 16 heavy (non-hydrogen) atoms. The van der Waals surface area contributed by atoms with Gasteiger partial charge in [0.2, 0.25) is 0 Å². The number of aromatic nitrogens is 2. The molecule has 1 N–H and O–H groups in total. The van der Waals surface area contributed by atoms with Crippen LogP contribution >= 0.6 is 0 Å². The first-order valence-corrected chi connectivity index (χ1v) is 5.84. The molecule has 0 radical (unpaired) electrons. The van der Waals surface area contributed by atoms with Crippen molar-refractivity contribution in [2.45, 2.75) is 38.8 Å². The van der Waals surface area contributed by atoms with Crippen LogP contribution in [0.25, 0.3) is 0 Å². The van der Waals surface area contributed by atoms with Gasteiger partial charge in [-0.25, -0.2) is 9.97 Å². The Hall–Kier alpha value is -1.00. The van der Waals surface area contributed by atoms with Crippen molar-refractivity contribution in [1.29, 1.82) is 0 Å². The molecule has 4 nitrogen and oxygen atoms in total. The second kappa shape index (κ2) is 4.89. The quantitative estimate of drug-likeness (QED) is 0.847. The molecule has 1 saturated heterocycles. The number of hydrogen-bond donors (Lipinski definition) is 1. The zero-order chi connectivity index (χ0) is 11.5. The van der Waals surface area contributed by atoms with Crippen LogP contribution in [0.2, 0.25) is 0 Å². The molecule has 1 aliphatic heterocycles. The lowest BCUT2D eigenvalue weighted by molar-refractivity contribution is 0.105. The van der Waals surface area contributed by atoms with Crippen molar-refractivity contribution in [2.75, 3.05) is 13.7 Å². The number of aryl methyl sites for hydroxylation is 1. The fraction of sp³-hybridized carbons (Fsp3) is 0.667. The van der Waals surface area contributed by atoms with Gasteiger partial charge in [-0.05, 0) is 33.7 Å². The minimum Gasteiger partial charge on any atom is -0.370 e. The second-order valence-electron chi connectivity index (χ2n) is 4.28. The molecular weight excluding hydrogens is 202 g/mol. The van der Waals surface area contributed by atoms with Crippen LogP contribution < -0.4 is 5.32 Å². The summed E-state index contributed by atoms with van der Waals surface area (Å²) in [4.78, 5) is 8.96. The van der Waals surface area contributed by atoms with E-state index in [1.165, 1.54) is 0 Å². The van der Waals surface area contributed by atoms with Crippen LogP contribution in [0.5, 0.6) is 0 Å². The Kier molecular flexibility index (Phi) is 3.51. The molecule has 2 heterocycles. The zero-order valence-corrected chi connectivity index (χ0v) is 10.2. The van der Waals surface area contributed by atoms with Crippen molar-refractivity contribution in [3.05, 3.63) is 23.3 Å². The van der Waals surface area contributed by atoms with Crippen LogP contribution in [0.3, 0.4) is 0 Å². The Morgan fingerprint density at radius 1 is 1.56 bits per heavy atom. The van der Waals surface area contributed by atoms with Gasteiger partial charge in [-0.15, -0.1) is 0 Å². The molecule has 88 valence electrons. The van der Waals surface area contributed by atoms with Crippen LogP contribution in [-0.4, -0.2) is 23.6 Å². The van der Waals surface area contributed by atoms with Crippen molar-refractivity contribution in [2.24, 2.45) is 0 Å². The molecule has 2 rings (SSSR count). The summed E-state index contributed by atoms with van der Waals surface area (Å²) in [6, 6.07) is 0.290. The first kappa shape index (κ1) is 11.5. The Morgan fingerprint density at radius 2 is 2.38 bits per heavy atom. The predicted octanol–water partition coefficient (Wildman–Crippen LogP) is 1.92. The maximum atomic E-state index is 5.58. The van der Waals surface area contributed by atoms with Crippen molar-refractivity contribution < 1.29 is 4.74 Å². The molecule has 0 bridgehead atoms. The Labute approximate surface area is 96.4 Å². The van der Waals surface area contributed by atoms with Crippen molar-refractivity contribution in [3.8, 4) is 0 Å². The van der Waals surface area contributed by atoms with E-state index in [0.717, 1.165) is 36.5 Å². The number of rotatable bonds is 3. The molecule has 1 fully saturated rings. The first-order chi connectivity index (χ1) is 7.72. The molecular formula is C12H19N3O. The summed E-state index contributed by atoms with van der Waals surface area (Å²) in [5, 5.41) is 3.20. The highest BCUT2D eigenvalue weighted by Gasteiger charge is 2.21. The lowest BCUT2D eigenvalue weighted by Gasteiger charge is -2.15. The molecule has 4 heteroatoms. The lowest BCUT2D eigenvalue weighted by atomic mass is 10.1. The highest BCUT2D eigenvalue weighted by atomic mass is 16.5. The van der Waals surface area contributed by atoms with Crippen LogP contribution in [0.15, 0.2) is 6.20 Å². The van der Waals surface area contributed by atoms with Crippen LogP contribution in [0, 0.1) is 6.92 Å². The SMILES string of the molecule is CNC(C)c1cnc(C2CCCO2)nc1C. The van der Waals surface area contributed by atoms with Crippen LogP contribution in [0.1, 0.15) is 49.0 Å². The third kappa shape index (κ3) is 2.23. The lowest BCUT2D eigenvalue weighted by Crippen LogP contribution is -2.16. The van der Waals surface area contributed by atoms with Crippen molar-refractivity contribution >= 4 is 0 Å². The summed E-state index contributed by atoms with van der Waals surface area (Å²) in [7, 11) is 1.94. The van der Waals surface area contributed by atoms with Crippen LogP contribution in [0.4, 0.5) is 0 Å². The monoisotopic (exact) mass is 221 g/mol. The average Bonchev–Trinajstić information content (AvgIpc) is 2.81. The van der Waals surface area contributed by atoms with E-state index in [2.05, 4.69) is 22.2 Å². The van der Waals surface area contributed by atoms with Gasteiger partial charge in [-0.2, -0.15) is 0 Å². The minimum atomic E-state index is 0.109. The summed E-state index contributed by atoms with van der Waals surface area (Å²) in [6.45, 7) is 4.97. The standard InChI is InChI=1S/C12H19N3O/c1-8(13-3)10-7-14-12(15-9(10)2)11-5-4-6-16-11/h7-8,11,13H,4-6H2,1-3H3. The molecule has 0 amide bonds. The fourth-order valence-electron chi connectivity index (χ4n) is 2.01. The van der Waals surface area contributed by atoms with E-state index in [-0.39, 0.29) is 6.10 Å². The molecule has 1 aliphatic rings. The molecule has 0 saturated carbocycles. The third-order valence-corrected chi connectivity index (χ3v) is 3.15. The zero-order valence-electron chi connectivity index (χ0n) is 10.2. The summed E-state index contributed by atoms with van der Waals surface area (Å²) >= 11 is 0. The van der Waals surface area contributed by atoms with Crippen molar-refractivity contribution in [1.82, 2.24) is 15.3 Å². The van der Waals surface area contributed by atoms with Crippen LogP contribution in [-0.2, 0) is 4.74 Å². The molecule has 0 aromatic carbocycles. The summed E-state index contributed by atoms with van der Waals surface area (Å²) in [5.41, 5.74) is 2.20. The summed E-state index contributed by atoms with van der Waals surface area (Å²) in [6.07, 6.45) is 4.18. The predicted molar refractivity (Wildman–Crippen MR) is 62.2 cm³/mol. The van der Waals surface area contributed by atoms with Gasteiger partial charge < -0.3 is 10.1 Å². The van der Waals surface area contributed by atoms with Gasteiger partial charge in [0.1, 0.15) is 6.10 Å². The summed E-state index contributed by atoms with van der Waals surface area (Å²) in [5.74, 6) is 0.835. The average molecular weight is 221 g/mol. The number of hydrogen-bond acceptors (Lipinski definition) is 4. The van der Waals surface area contributed by atoms with Crippen molar-refractivity contribution in [3.63, 3.8) is 0 Å². The van der Waals surface area contributed by atoms with Gasteiger partial charge >= 0.3 is 0 Å². The Balaban J connectivity index is 2.21. The molecule has 2 unspecified atom stereocenters. The van der Waals surface area contributed by atoms with Gasteiger partial charge in [0.15, 0.2) is 5.82 Å². The molecule has 0 aliphatic carbocycles. The first-order valence-electron chi connectivity index (χ1n) is 5.84. The summed E-state index contributed by atoms with van der Waals surface area (Å²) < 4.78 is 5.58. The van der Waals surface area contributed by atoms with E-state index in [9.17, 15) is 0 Å². The fourth-order valence-corrected chi connectivity index (χ4v) is 2.01. The topological polar surface area (TPSA) is 47.0 Å². The van der Waals surface area contributed by atoms with E-state index in [0.29, 0.717) is 6.04 Å². The van der Waals surface area contributed by atoms with Gasteiger partial charge in [0.25, 0.3) is 0 Å². The number of nitrogens with one attached hydrogen (secondary N) is 1. The van der Waals surface area contributed by atoms with E-state index < -0.39 is 0 Å². The number of nitrogens with zero attached hydrogens (tertiary/aromatic N) is 2. The minimum absolute atomic E-state index is 0.109. The highest BCUT2D eigenvalue weighted by Crippen LogP contribution is 2.26. The smallest absolute Gasteiger partial charge is 0.157 e. The largest absolute Gasteiger partial charge is 0.370 e. The second-order valence-corrected chi connectivity index (χ2v) is 4.28. The van der Waals surface area contributed by atoms with E-state index in [1.807, 2.05) is 20.2 Å². The molecule has 1 aromatic heterocycles. The van der Waals surface area contributed by atoms with Gasteiger partial charge in [0.05, 0.1) is 0 Å². The maximum absolute atomic E-state index is 5.58. The normalized spacial score (nSPS) is 22.3. The molecule has 1 aromatic rings. The van der Waals surface area contributed by atoms with Gasteiger partial charge in [-0.1, -0.05) is 0 Å². The highest BCUT2D eigenvalue weighted by molar-refractivity contribution is 5.20. The Bertz CT molecular complexity index is 361. The van der Waals surface area contributed by atoms with E-state index in [4.69, 9.17) is 4.74 Å². The maximum Gasteiger partial charge on any atom is 0.157 e. The van der Waals surface area contributed by atoms with Gasteiger partial charge in [0, 0.05) is 30.1 Å². The third-order valence-electron chi connectivity index (χ3n) is 3.15. The molecule has 0 spiro atoms. The van der Waals surface area contributed by atoms with E-state index >= 15 is 0 Å². The molecule has 2 atom stereocenters. The van der Waals surface area contributed by atoms with E-state index in [1.54, 1.807) is 0 Å². The van der Waals surface area contributed by atoms with Gasteiger partial charge in [-0.3, -0.25) is 0 Å². The number of ether oxygens (including phenoxy) is 1. The Morgan fingerprint density at radius 3 is 2.94 bits per heavy atom.